The number of carbonyl (C=O) groups excluding carboxylic acids is 2. The highest BCUT2D eigenvalue weighted by atomic mass is 16.5. The second kappa shape index (κ2) is 9.73. The molecule has 0 amide bonds. The van der Waals surface area contributed by atoms with Crippen molar-refractivity contribution in [1.29, 1.82) is 0 Å². The number of rotatable bonds is 9. The van der Waals surface area contributed by atoms with Crippen molar-refractivity contribution in [3.05, 3.63) is 11.6 Å². The number of hydrogen-bond acceptors (Lipinski definition) is 4. The molecule has 0 unspecified atom stereocenters. The number of esters is 1. The summed E-state index contributed by atoms with van der Waals surface area (Å²) in [4.78, 5) is 22.2. The van der Waals surface area contributed by atoms with Gasteiger partial charge in [-0.25, -0.2) is 0 Å². The fourth-order valence-electron chi connectivity index (χ4n) is 1.73. The Bertz CT molecular complexity index is 320. The monoisotopic (exact) mass is 270 g/mol. The maximum atomic E-state index is 11.3. The van der Waals surface area contributed by atoms with Gasteiger partial charge in [0, 0.05) is 20.0 Å². The van der Waals surface area contributed by atoms with Crippen molar-refractivity contribution in [2.45, 2.75) is 59.5 Å². The molecule has 4 nitrogen and oxygen atoms in total. The van der Waals surface area contributed by atoms with E-state index in [0.29, 0.717) is 12.3 Å². The van der Waals surface area contributed by atoms with E-state index in [9.17, 15) is 9.59 Å². The summed E-state index contributed by atoms with van der Waals surface area (Å²) < 4.78 is 4.96. The first-order valence-electron chi connectivity index (χ1n) is 6.81. The average Bonchev–Trinajstić information content (AvgIpc) is 2.33. The van der Waals surface area contributed by atoms with Gasteiger partial charge in [-0.05, 0) is 39.0 Å². The Labute approximate surface area is 115 Å². The van der Waals surface area contributed by atoms with Gasteiger partial charge in [-0.2, -0.15) is 0 Å². The Morgan fingerprint density at radius 3 is 2.37 bits per heavy atom. The van der Waals surface area contributed by atoms with Gasteiger partial charge in [0.15, 0.2) is 11.9 Å². The standard InChI is InChI=1S/C15H26O4/c1-11(6-5-7-12(2)10-16)8-9-15(13(3)17)19-14(4)18/h8,12,15-16H,5-7,9-10H2,1-4H3/b11-8-/t12-,15-/m1/s1. The molecule has 0 aliphatic carbocycles. The number of carbonyl (C=O) groups is 2. The van der Waals surface area contributed by atoms with E-state index in [4.69, 9.17) is 9.84 Å². The van der Waals surface area contributed by atoms with Crippen LogP contribution in [-0.4, -0.2) is 29.6 Å². The van der Waals surface area contributed by atoms with E-state index < -0.39 is 12.1 Å². The van der Waals surface area contributed by atoms with Crippen LogP contribution in [0.4, 0.5) is 0 Å². The van der Waals surface area contributed by atoms with E-state index in [-0.39, 0.29) is 12.4 Å². The molecule has 0 fully saturated rings. The van der Waals surface area contributed by atoms with Crippen molar-refractivity contribution in [2.24, 2.45) is 5.92 Å². The zero-order valence-electron chi connectivity index (χ0n) is 12.4. The lowest BCUT2D eigenvalue weighted by molar-refractivity contribution is -0.152. The van der Waals surface area contributed by atoms with Crippen LogP contribution >= 0.6 is 0 Å². The molecule has 19 heavy (non-hydrogen) atoms. The smallest absolute Gasteiger partial charge is 0.303 e. The van der Waals surface area contributed by atoms with Crippen LogP contribution in [0.1, 0.15) is 53.4 Å². The van der Waals surface area contributed by atoms with Crippen LogP contribution in [-0.2, 0) is 14.3 Å². The zero-order chi connectivity index (χ0) is 14.8. The van der Waals surface area contributed by atoms with Gasteiger partial charge < -0.3 is 9.84 Å². The molecule has 0 saturated heterocycles. The van der Waals surface area contributed by atoms with E-state index in [2.05, 4.69) is 0 Å². The number of Topliss-reactive ketones (excluding diaryl/α,β-unsaturated/α-hetero) is 1. The largest absolute Gasteiger partial charge is 0.454 e. The van der Waals surface area contributed by atoms with Crippen molar-refractivity contribution in [3.8, 4) is 0 Å². The molecule has 0 radical (unpaired) electrons. The quantitative estimate of drug-likeness (QED) is 0.517. The minimum atomic E-state index is -0.663. The van der Waals surface area contributed by atoms with Crippen molar-refractivity contribution in [2.75, 3.05) is 6.61 Å². The fourth-order valence-corrected chi connectivity index (χ4v) is 1.73. The average molecular weight is 270 g/mol. The maximum Gasteiger partial charge on any atom is 0.303 e. The lowest BCUT2D eigenvalue weighted by Gasteiger charge is -2.12. The molecule has 110 valence electrons. The number of ether oxygens (including phenoxy) is 1. The third-order valence-electron chi connectivity index (χ3n) is 3.02. The molecular formula is C15H26O4. The predicted molar refractivity (Wildman–Crippen MR) is 74.7 cm³/mol. The van der Waals surface area contributed by atoms with Crippen molar-refractivity contribution >= 4 is 11.8 Å². The van der Waals surface area contributed by atoms with Crippen molar-refractivity contribution < 1.29 is 19.4 Å². The number of ketones is 1. The van der Waals surface area contributed by atoms with E-state index in [1.54, 1.807) is 0 Å². The first-order valence-corrected chi connectivity index (χ1v) is 6.81. The molecule has 0 rings (SSSR count). The predicted octanol–water partition coefficient (Wildman–Crippen LogP) is 2.64. The molecule has 4 heteroatoms. The van der Waals surface area contributed by atoms with Crippen LogP contribution in [0.2, 0.25) is 0 Å². The third kappa shape index (κ3) is 9.42. The Kier molecular flexibility index (Phi) is 9.13. The molecule has 0 spiro atoms. The summed E-state index contributed by atoms with van der Waals surface area (Å²) >= 11 is 0. The zero-order valence-corrected chi connectivity index (χ0v) is 12.4. The van der Waals surface area contributed by atoms with Crippen LogP contribution in [0.5, 0.6) is 0 Å². The van der Waals surface area contributed by atoms with Gasteiger partial charge in [0.05, 0.1) is 0 Å². The Balaban J connectivity index is 4.12. The molecule has 0 saturated carbocycles. The highest BCUT2D eigenvalue weighted by Gasteiger charge is 2.15. The highest BCUT2D eigenvalue weighted by molar-refractivity contribution is 5.83. The Morgan fingerprint density at radius 1 is 1.26 bits per heavy atom. The highest BCUT2D eigenvalue weighted by Crippen LogP contribution is 2.13. The summed E-state index contributed by atoms with van der Waals surface area (Å²) in [5.41, 5.74) is 1.18. The molecule has 0 aromatic carbocycles. The molecule has 0 aliphatic rings. The summed E-state index contributed by atoms with van der Waals surface area (Å²) in [6.07, 6.45) is 4.68. The van der Waals surface area contributed by atoms with Gasteiger partial charge in [0.25, 0.3) is 0 Å². The van der Waals surface area contributed by atoms with E-state index in [1.165, 1.54) is 19.4 Å². The summed E-state index contributed by atoms with van der Waals surface area (Å²) in [6.45, 7) is 6.99. The van der Waals surface area contributed by atoms with Gasteiger partial charge in [0.2, 0.25) is 0 Å². The van der Waals surface area contributed by atoms with Crippen LogP contribution in [0.3, 0.4) is 0 Å². The minimum absolute atomic E-state index is 0.131. The van der Waals surface area contributed by atoms with Crippen LogP contribution in [0, 0.1) is 5.92 Å². The maximum absolute atomic E-state index is 11.3. The minimum Gasteiger partial charge on any atom is -0.454 e. The van der Waals surface area contributed by atoms with E-state index >= 15 is 0 Å². The lowest BCUT2D eigenvalue weighted by Crippen LogP contribution is -2.23. The Hall–Kier alpha value is -1.16. The lowest BCUT2D eigenvalue weighted by atomic mass is 10.0. The number of allylic oxidation sites excluding steroid dienone is 1. The number of aliphatic hydroxyl groups excluding tert-OH is 1. The van der Waals surface area contributed by atoms with Crippen LogP contribution in [0.15, 0.2) is 11.6 Å². The van der Waals surface area contributed by atoms with Gasteiger partial charge in [-0.3, -0.25) is 9.59 Å². The summed E-state index contributed by atoms with van der Waals surface area (Å²) in [7, 11) is 0. The topological polar surface area (TPSA) is 63.6 Å². The van der Waals surface area contributed by atoms with Gasteiger partial charge >= 0.3 is 5.97 Å². The summed E-state index contributed by atoms with van der Waals surface area (Å²) in [6, 6.07) is 0. The van der Waals surface area contributed by atoms with Crippen molar-refractivity contribution in [3.63, 3.8) is 0 Å². The second-order valence-corrected chi connectivity index (χ2v) is 5.17. The number of hydrogen-bond donors (Lipinski definition) is 1. The molecular weight excluding hydrogens is 244 g/mol. The first-order chi connectivity index (χ1) is 8.86. The fraction of sp³-hybridized carbons (Fsp3) is 0.733. The molecule has 0 aliphatic heterocycles. The molecule has 0 aromatic heterocycles. The third-order valence-corrected chi connectivity index (χ3v) is 3.02. The molecule has 0 heterocycles. The molecule has 2 atom stereocenters. The van der Waals surface area contributed by atoms with E-state index in [0.717, 1.165) is 19.3 Å². The normalized spacial score (nSPS) is 14.9. The molecule has 1 N–H and O–H groups in total. The van der Waals surface area contributed by atoms with Gasteiger partial charge in [0.1, 0.15) is 0 Å². The SMILES string of the molecule is CC(=O)O[C@H](C/C=C(/C)CCC[C@@H](C)CO)C(C)=O. The number of aliphatic hydroxyl groups is 1. The van der Waals surface area contributed by atoms with E-state index in [1.807, 2.05) is 19.9 Å². The molecule has 0 bridgehead atoms. The van der Waals surface area contributed by atoms with Crippen LogP contribution in [0.25, 0.3) is 0 Å². The summed E-state index contributed by atoms with van der Waals surface area (Å²) in [5, 5.41) is 8.92. The first kappa shape index (κ1) is 17.8. The molecule has 0 aromatic rings. The summed E-state index contributed by atoms with van der Waals surface area (Å²) in [5.74, 6) is -0.227. The van der Waals surface area contributed by atoms with Crippen LogP contribution < -0.4 is 0 Å². The van der Waals surface area contributed by atoms with Gasteiger partial charge in [-0.1, -0.05) is 18.6 Å². The Morgan fingerprint density at radius 2 is 1.89 bits per heavy atom. The van der Waals surface area contributed by atoms with Gasteiger partial charge in [-0.15, -0.1) is 0 Å². The second-order valence-electron chi connectivity index (χ2n) is 5.17. The van der Waals surface area contributed by atoms with Crippen molar-refractivity contribution in [1.82, 2.24) is 0 Å².